The Balaban J connectivity index is 2.43. The van der Waals surface area contributed by atoms with Crippen molar-refractivity contribution >= 4 is 15.6 Å². The predicted molar refractivity (Wildman–Crippen MR) is 83.0 cm³/mol. The molecule has 294 valence electrons. The van der Waals surface area contributed by atoms with Crippen molar-refractivity contribution in [1.29, 1.82) is 0 Å². The van der Waals surface area contributed by atoms with Gasteiger partial charge in [-0.3, -0.25) is 9.56 Å². The van der Waals surface area contributed by atoms with Crippen LogP contribution in [-0.2, 0) is 168 Å². The van der Waals surface area contributed by atoms with Gasteiger partial charge in [0.05, 0.1) is 14.4 Å². The largest absolute Gasteiger partial charge is 0.790 e. The van der Waals surface area contributed by atoms with E-state index in [1.54, 1.807) is 0 Å². The number of phosphoric ester groups is 1. The van der Waals surface area contributed by atoms with Crippen LogP contribution < -0.4 is 15.0 Å². The highest BCUT2D eigenvalue weighted by molar-refractivity contribution is 7.48. The van der Waals surface area contributed by atoms with E-state index in [0.29, 0.717) is 0 Å². The highest BCUT2D eigenvalue weighted by Gasteiger charge is 2.54. The summed E-state index contributed by atoms with van der Waals surface area (Å²) in [4.78, 5) is 21.3. The SMILES string of the molecule is O=P([O-])([O-])OC[C@@]1(O)O[C@@H](COP(=O)(OOOOOOOOOOOOOOO)OOOOOOOOOOOOOOO[O-])[C@@H](O)[C@H]1O. The molecule has 5 atom stereocenters. The minimum atomic E-state index is -5.71. The third kappa shape index (κ3) is 23.2. The van der Waals surface area contributed by atoms with Crippen molar-refractivity contribution < 1.29 is 204 Å². The number of aliphatic hydroxyl groups excluding tert-OH is 2. The van der Waals surface area contributed by atoms with Crippen LogP contribution in [-0.4, -0.2) is 57.9 Å². The molecule has 0 aromatic heterocycles. The zero-order valence-electron chi connectivity index (χ0n) is 21.4. The average Bonchev–Trinajstić information content (AvgIpc) is 3.28. The summed E-state index contributed by atoms with van der Waals surface area (Å²) in [6.07, 6.45) is -6.53. The van der Waals surface area contributed by atoms with Gasteiger partial charge in [-0.2, -0.15) is 0 Å². The van der Waals surface area contributed by atoms with Gasteiger partial charge < -0.3 is 44.2 Å². The molecule has 41 nitrogen and oxygen atoms in total. The number of rotatable bonds is 35. The molecule has 1 aliphatic rings. The van der Waals surface area contributed by atoms with Gasteiger partial charge in [0.25, 0.3) is 0 Å². The van der Waals surface area contributed by atoms with E-state index >= 15 is 0 Å². The van der Waals surface area contributed by atoms with Crippen molar-refractivity contribution in [1.82, 2.24) is 0 Å². The van der Waals surface area contributed by atoms with Crippen LogP contribution in [0.1, 0.15) is 0 Å². The van der Waals surface area contributed by atoms with E-state index in [1.807, 2.05) is 0 Å². The van der Waals surface area contributed by atoms with Crippen molar-refractivity contribution in [2.45, 2.75) is 24.1 Å². The maximum Gasteiger partial charge on any atom is 0.534 e. The van der Waals surface area contributed by atoms with Gasteiger partial charge in [-0.1, -0.05) is 9.35 Å². The minimum absolute atomic E-state index is 1.29. The van der Waals surface area contributed by atoms with Crippen LogP contribution in [0.2, 0.25) is 0 Å². The zero-order valence-corrected chi connectivity index (χ0v) is 23.2. The standard InChI is InChI=1S/C6H14O41P2/c7-4-3(18-6(9,5(4)8)2-17-48(12,13)14)1-16-49(15,46-44-42-40-38-36-34-32-30-28-26-24-22-20-11)47-45-43-41-39-37-35-33-31-29-27-25-23-21-19-10/h3-5,7-11H,1-2H2,(H2,12,13,14)/p-3/t3-,4+,5+,6+,49?/m0/s1. The fraction of sp³-hybridized carbons (Fsp3) is 1.00. The van der Waals surface area contributed by atoms with Crippen LogP contribution in [0, 0.1) is 0 Å². The van der Waals surface area contributed by atoms with Crippen LogP contribution in [0.25, 0.3) is 0 Å². The Labute approximate surface area is 258 Å². The highest BCUT2D eigenvalue weighted by atomic mass is 31.2. The van der Waals surface area contributed by atoms with Gasteiger partial charge in [-0.25, -0.2) is 9.82 Å². The first-order chi connectivity index (χ1) is 23.5. The summed E-state index contributed by atoms with van der Waals surface area (Å²) in [6.45, 7) is -2.82. The first-order valence-electron chi connectivity index (χ1n) is 9.78. The molecule has 0 aliphatic carbocycles. The molecule has 1 saturated heterocycles. The molecule has 1 unspecified atom stereocenters. The van der Waals surface area contributed by atoms with Gasteiger partial charge in [-0.15, -0.1) is 0 Å². The molecule has 1 rings (SSSR count). The fourth-order valence-electron chi connectivity index (χ4n) is 1.88. The summed E-state index contributed by atoms with van der Waals surface area (Å²) in [5.74, 6) is -3.05. The molecule has 43 heteroatoms. The van der Waals surface area contributed by atoms with Crippen LogP contribution in [0.4, 0.5) is 0 Å². The van der Waals surface area contributed by atoms with E-state index in [0.717, 1.165) is 0 Å². The highest BCUT2D eigenvalue weighted by Crippen LogP contribution is 2.51. The predicted octanol–water partition coefficient (Wildman–Crippen LogP) is -6.30. The van der Waals surface area contributed by atoms with Gasteiger partial charge in [0.1, 0.15) is 24.9 Å². The molecule has 0 aromatic rings. The second-order valence-electron chi connectivity index (χ2n) is 5.89. The van der Waals surface area contributed by atoms with E-state index in [-0.39, 0.29) is 0 Å². The molecular formula is C6H11O41P2-3. The normalized spacial score (nSPS) is 22.6. The molecule has 1 aliphatic heterocycles. The molecule has 0 saturated carbocycles. The number of aliphatic hydroxyl groups is 3. The molecule has 4 N–H and O–H groups in total. The fourth-order valence-corrected chi connectivity index (χ4v) is 2.86. The van der Waals surface area contributed by atoms with Gasteiger partial charge in [0, 0.05) is 0 Å². The topological polar surface area (TPSA) is 480 Å². The average molecular weight is 801 g/mol. The van der Waals surface area contributed by atoms with E-state index in [4.69, 9.17) is 9.99 Å². The van der Waals surface area contributed by atoms with E-state index in [2.05, 4.69) is 154 Å². The molecule has 1 fully saturated rings. The summed E-state index contributed by atoms with van der Waals surface area (Å²) in [5, 5.41) is 139. The van der Waals surface area contributed by atoms with E-state index in [1.165, 1.54) is 0 Å². The summed E-state index contributed by atoms with van der Waals surface area (Å²) in [5.41, 5.74) is 0. The van der Waals surface area contributed by atoms with Crippen molar-refractivity contribution in [3.63, 3.8) is 0 Å². The van der Waals surface area contributed by atoms with Crippen LogP contribution in [0.3, 0.4) is 0 Å². The summed E-state index contributed by atoms with van der Waals surface area (Å²) in [6, 6.07) is 0. The van der Waals surface area contributed by atoms with Crippen molar-refractivity contribution in [3.05, 3.63) is 0 Å². The third-order valence-corrected chi connectivity index (χ3v) is 4.69. The Morgan fingerprint density at radius 2 is 0.959 bits per heavy atom. The molecule has 0 spiro atoms. The first-order valence-corrected chi connectivity index (χ1v) is 12.7. The van der Waals surface area contributed by atoms with Gasteiger partial charge >= 0.3 is 7.82 Å². The molecule has 49 heavy (non-hydrogen) atoms. The van der Waals surface area contributed by atoms with Crippen LogP contribution in [0.15, 0.2) is 0 Å². The second kappa shape index (κ2) is 27.5. The summed E-state index contributed by atoms with van der Waals surface area (Å²) >= 11 is 0. The molecule has 0 aromatic carbocycles. The molecule has 1 heterocycles. The monoisotopic (exact) mass is 801 g/mol. The third-order valence-electron chi connectivity index (χ3n) is 3.29. The number of ether oxygens (including phenoxy) is 1. The Bertz CT molecular complexity index is 863. The maximum atomic E-state index is 12.6. The quantitative estimate of drug-likeness (QED) is 0.0200. The van der Waals surface area contributed by atoms with E-state index < -0.39 is 53.0 Å². The van der Waals surface area contributed by atoms with Gasteiger partial charge in [-0.05, 0) is 131 Å². The lowest BCUT2D eigenvalue weighted by Crippen LogP contribution is -2.47. The first kappa shape index (κ1) is 45.9. The van der Waals surface area contributed by atoms with Gasteiger partial charge in [0.15, 0.2) is 0 Å². The second-order valence-corrected chi connectivity index (χ2v) is 8.50. The Morgan fingerprint density at radius 1 is 0.592 bits per heavy atom. The lowest BCUT2D eigenvalue weighted by atomic mass is 10.1. The van der Waals surface area contributed by atoms with E-state index in [9.17, 15) is 39.5 Å². The summed E-state index contributed by atoms with van der Waals surface area (Å²) < 4.78 is 44.3. The molecule has 0 amide bonds. The van der Waals surface area contributed by atoms with Crippen LogP contribution in [0.5, 0.6) is 0 Å². The van der Waals surface area contributed by atoms with Crippen molar-refractivity contribution in [2.75, 3.05) is 13.2 Å². The Hall–Kier alpha value is -1.10. The number of phosphoric acid groups is 2. The Kier molecular flexibility index (Phi) is 25.8. The lowest BCUT2D eigenvalue weighted by Gasteiger charge is -2.33. The zero-order chi connectivity index (χ0) is 36.3. The number of hydrogen-bond donors (Lipinski definition) is 4. The van der Waals surface area contributed by atoms with Crippen LogP contribution >= 0.6 is 15.6 Å². The minimum Gasteiger partial charge on any atom is -0.790 e. The van der Waals surface area contributed by atoms with Crippen molar-refractivity contribution in [2.24, 2.45) is 0 Å². The molecule has 0 radical (unpaired) electrons. The molecular weight excluding hydrogens is 790 g/mol. The Morgan fingerprint density at radius 3 is 1.33 bits per heavy atom. The van der Waals surface area contributed by atoms with Gasteiger partial charge in [0.2, 0.25) is 5.79 Å². The lowest BCUT2D eigenvalue weighted by molar-refractivity contribution is -0.918. The maximum absolute atomic E-state index is 12.6. The van der Waals surface area contributed by atoms with Crippen molar-refractivity contribution in [3.8, 4) is 0 Å². The molecule has 0 bridgehead atoms. The number of hydrogen-bond acceptors (Lipinski definition) is 41. The smallest absolute Gasteiger partial charge is 0.534 e. The summed E-state index contributed by atoms with van der Waals surface area (Å²) in [7, 11) is -11.2.